The Morgan fingerprint density at radius 3 is 2.91 bits per heavy atom. The molecular formula is C15H17N5O3. The van der Waals surface area contributed by atoms with Gasteiger partial charge >= 0.3 is 0 Å². The standard InChI is InChI=1S/C15H17N5O3/c1-10(17-12(21)9-20-8-2-3-13(20)22)15-18-14(19-23-15)11-4-6-16-7-5-11/h4-7,10H,2-3,8-9H2,1H3,(H,17,21). The topological polar surface area (TPSA) is 101 Å². The maximum absolute atomic E-state index is 12.0. The second kappa shape index (κ2) is 6.55. The Hall–Kier alpha value is -2.77. The molecule has 3 heterocycles. The molecule has 1 saturated heterocycles. The number of carbonyl (C=O) groups excluding carboxylic acids is 2. The van der Waals surface area contributed by atoms with Gasteiger partial charge in [-0.1, -0.05) is 5.16 Å². The summed E-state index contributed by atoms with van der Waals surface area (Å²) in [6.45, 7) is 2.45. The lowest BCUT2D eigenvalue weighted by Crippen LogP contribution is -2.38. The van der Waals surface area contributed by atoms with Gasteiger partial charge in [-0.3, -0.25) is 14.6 Å². The van der Waals surface area contributed by atoms with Gasteiger partial charge in [-0.15, -0.1) is 0 Å². The summed E-state index contributed by atoms with van der Waals surface area (Å²) in [7, 11) is 0. The third kappa shape index (κ3) is 3.53. The molecule has 23 heavy (non-hydrogen) atoms. The first-order valence-electron chi connectivity index (χ1n) is 7.44. The van der Waals surface area contributed by atoms with Gasteiger partial charge in [0.05, 0.1) is 6.54 Å². The molecule has 120 valence electrons. The van der Waals surface area contributed by atoms with Crippen molar-refractivity contribution < 1.29 is 14.1 Å². The zero-order chi connectivity index (χ0) is 16.2. The number of aromatic nitrogens is 3. The Bertz CT molecular complexity index is 700. The molecular weight excluding hydrogens is 298 g/mol. The predicted molar refractivity (Wildman–Crippen MR) is 79.9 cm³/mol. The van der Waals surface area contributed by atoms with E-state index in [1.807, 2.05) is 0 Å². The minimum absolute atomic E-state index is 0.0190. The molecule has 2 amide bonds. The molecule has 2 aromatic rings. The van der Waals surface area contributed by atoms with Crippen molar-refractivity contribution in [2.75, 3.05) is 13.1 Å². The fourth-order valence-electron chi connectivity index (χ4n) is 2.42. The zero-order valence-corrected chi connectivity index (χ0v) is 12.7. The predicted octanol–water partition coefficient (Wildman–Crippen LogP) is 0.931. The van der Waals surface area contributed by atoms with Crippen LogP contribution < -0.4 is 5.32 Å². The summed E-state index contributed by atoms with van der Waals surface area (Å²) in [6.07, 6.45) is 4.61. The summed E-state index contributed by atoms with van der Waals surface area (Å²) in [6, 6.07) is 3.12. The van der Waals surface area contributed by atoms with Crippen LogP contribution in [0.4, 0.5) is 0 Å². The van der Waals surface area contributed by atoms with E-state index in [1.54, 1.807) is 36.4 Å². The van der Waals surface area contributed by atoms with Crippen LogP contribution in [0, 0.1) is 0 Å². The SMILES string of the molecule is CC(NC(=O)CN1CCCC1=O)c1nc(-c2ccncc2)no1. The number of rotatable bonds is 5. The van der Waals surface area contributed by atoms with Crippen LogP contribution in [0.3, 0.4) is 0 Å². The highest BCUT2D eigenvalue weighted by molar-refractivity contribution is 5.85. The fraction of sp³-hybridized carbons (Fsp3) is 0.400. The monoisotopic (exact) mass is 315 g/mol. The van der Waals surface area contributed by atoms with E-state index in [-0.39, 0.29) is 18.4 Å². The van der Waals surface area contributed by atoms with E-state index in [0.717, 1.165) is 12.0 Å². The Labute approximate surface area is 132 Å². The van der Waals surface area contributed by atoms with Crippen LogP contribution in [0.1, 0.15) is 31.7 Å². The van der Waals surface area contributed by atoms with E-state index in [9.17, 15) is 9.59 Å². The molecule has 0 bridgehead atoms. The van der Waals surface area contributed by atoms with Crippen molar-refractivity contribution in [1.29, 1.82) is 0 Å². The number of pyridine rings is 1. The van der Waals surface area contributed by atoms with Gasteiger partial charge in [-0.05, 0) is 25.5 Å². The van der Waals surface area contributed by atoms with Gasteiger partial charge in [0.1, 0.15) is 6.04 Å². The molecule has 1 aliphatic heterocycles. The first-order valence-corrected chi connectivity index (χ1v) is 7.44. The third-order valence-corrected chi connectivity index (χ3v) is 3.63. The lowest BCUT2D eigenvalue weighted by Gasteiger charge is -2.16. The van der Waals surface area contributed by atoms with Gasteiger partial charge in [0.2, 0.25) is 23.5 Å². The third-order valence-electron chi connectivity index (χ3n) is 3.63. The Kier molecular flexibility index (Phi) is 4.31. The van der Waals surface area contributed by atoms with Crippen LogP contribution in [-0.2, 0) is 9.59 Å². The lowest BCUT2D eigenvalue weighted by atomic mass is 10.2. The number of likely N-dealkylation sites (tertiary alicyclic amines) is 1. The number of carbonyl (C=O) groups is 2. The molecule has 8 nitrogen and oxygen atoms in total. The van der Waals surface area contributed by atoms with Gasteiger partial charge in [0.25, 0.3) is 0 Å². The molecule has 1 atom stereocenters. The van der Waals surface area contributed by atoms with Crippen molar-refractivity contribution in [2.24, 2.45) is 0 Å². The summed E-state index contributed by atoms with van der Waals surface area (Å²) in [4.78, 5) is 33.3. The molecule has 0 spiro atoms. The molecule has 1 aliphatic rings. The van der Waals surface area contributed by atoms with E-state index >= 15 is 0 Å². The van der Waals surface area contributed by atoms with Gasteiger partial charge in [0, 0.05) is 30.9 Å². The molecule has 1 fully saturated rings. The van der Waals surface area contributed by atoms with Crippen molar-refractivity contribution >= 4 is 11.8 Å². The van der Waals surface area contributed by atoms with Gasteiger partial charge < -0.3 is 14.7 Å². The minimum Gasteiger partial charge on any atom is -0.343 e. The van der Waals surface area contributed by atoms with Crippen molar-refractivity contribution in [2.45, 2.75) is 25.8 Å². The largest absolute Gasteiger partial charge is 0.343 e. The average molecular weight is 315 g/mol. The van der Waals surface area contributed by atoms with Crippen LogP contribution in [0.5, 0.6) is 0 Å². The molecule has 0 aromatic carbocycles. The maximum atomic E-state index is 12.0. The van der Waals surface area contributed by atoms with Gasteiger partial charge in [0.15, 0.2) is 0 Å². The van der Waals surface area contributed by atoms with Crippen molar-refractivity contribution in [3.63, 3.8) is 0 Å². The number of nitrogens with one attached hydrogen (secondary N) is 1. The highest BCUT2D eigenvalue weighted by atomic mass is 16.5. The molecule has 0 saturated carbocycles. The Balaban J connectivity index is 1.60. The van der Waals surface area contributed by atoms with Crippen molar-refractivity contribution in [3.05, 3.63) is 30.4 Å². The number of nitrogens with zero attached hydrogens (tertiary/aromatic N) is 4. The van der Waals surface area contributed by atoms with Crippen LogP contribution in [0.2, 0.25) is 0 Å². The molecule has 1 N–H and O–H groups in total. The maximum Gasteiger partial charge on any atom is 0.249 e. The lowest BCUT2D eigenvalue weighted by molar-refractivity contribution is -0.133. The second-order valence-corrected chi connectivity index (χ2v) is 5.40. The van der Waals surface area contributed by atoms with E-state index < -0.39 is 6.04 Å². The van der Waals surface area contributed by atoms with Crippen molar-refractivity contribution in [3.8, 4) is 11.4 Å². The number of amides is 2. The number of hydrogen-bond donors (Lipinski definition) is 1. The van der Waals surface area contributed by atoms with E-state index in [4.69, 9.17) is 4.52 Å². The minimum atomic E-state index is -0.428. The first kappa shape index (κ1) is 15.1. The Morgan fingerprint density at radius 2 is 2.22 bits per heavy atom. The highest BCUT2D eigenvalue weighted by Gasteiger charge is 2.24. The summed E-state index contributed by atoms with van der Waals surface area (Å²) < 4.78 is 5.20. The fourth-order valence-corrected chi connectivity index (χ4v) is 2.42. The van der Waals surface area contributed by atoms with E-state index in [2.05, 4.69) is 20.4 Å². The van der Waals surface area contributed by atoms with Crippen molar-refractivity contribution in [1.82, 2.24) is 25.3 Å². The molecule has 8 heteroatoms. The first-order chi connectivity index (χ1) is 11.1. The van der Waals surface area contributed by atoms with Gasteiger partial charge in [-0.25, -0.2) is 0 Å². The van der Waals surface area contributed by atoms with Gasteiger partial charge in [-0.2, -0.15) is 4.98 Å². The average Bonchev–Trinajstić information content (AvgIpc) is 3.18. The highest BCUT2D eigenvalue weighted by Crippen LogP contribution is 2.17. The normalized spacial score (nSPS) is 15.7. The molecule has 2 aromatic heterocycles. The van der Waals surface area contributed by atoms with E-state index in [0.29, 0.717) is 24.7 Å². The Morgan fingerprint density at radius 1 is 1.43 bits per heavy atom. The van der Waals surface area contributed by atoms with E-state index in [1.165, 1.54) is 0 Å². The summed E-state index contributed by atoms with van der Waals surface area (Å²) in [5.74, 6) is 0.540. The molecule has 0 radical (unpaired) electrons. The second-order valence-electron chi connectivity index (χ2n) is 5.40. The van der Waals surface area contributed by atoms with Crippen LogP contribution in [0.15, 0.2) is 29.0 Å². The molecule has 0 aliphatic carbocycles. The van der Waals surface area contributed by atoms with Crippen LogP contribution in [0.25, 0.3) is 11.4 Å². The zero-order valence-electron chi connectivity index (χ0n) is 12.7. The summed E-state index contributed by atoms with van der Waals surface area (Å²) in [5, 5.41) is 6.67. The van der Waals surface area contributed by atoms with Crippen LogP contribution >= 0.6 is 0 Å². The molecule has 1 unspecified atom stereocenters. The summed E-state index contributed by atoms with van der Waals surface area (Å²) in [5.41, 5.74) is 0.788. The smallest absolute Gasteiger partial charge is 0.249 e. The quantitative estimate of drug-likeness (QED) is 0.881. The van der Waals surface area contributed by atoms with Crippen LogP contribution in [-0.4, -0.2) is 44.9 Å². The number of hydrogen-bond acceptors (Lipinski definition) is 6. The summed E-state index contributed by atoms with van der Waals surface area (Å²) >= 11 is 0. The molecule has 3 rings (SSSR count).